The molecule has 0 aromatic heterocycles. The Hall–Kier alpha value is 0. The molecule has 0 N–H and O–H groups in total. The van der Waals surface area contributed by atoms with Gasteiger partial charge in [0, 0.05) is 0 Å². The van der Waals surface area contributed by atoms with Crippen molar-refractivity contribution in [2.24, 2.45) is 11.8 Å². The monoisotopic (exact) mass is 1120 g/mol. The van der Waals surface area contributed by atoms with Crippen LogP contribution >= 0.6 is 0 Å². The first-order valence-electron chi connectivity index (χ1n) is 39.8. The highest BCUT2D eigenvalue weighted by atomic mass is 14.2. The van der Waals surface area contributed by atoms with Gasteiger partial charge in [0.25, 0.3) is 0 Å². The van der Waals surface area contributed by atoms with Crippen LogP contribution in [0.1, 0.15) is 503 Å². The quantitative estimate of drug-likeness (QED) is 0.0533. The number of unbranched alkanes of at least 4 members (excludes halogenated alkanes) is 68. The zero-order chi connectivity index (χ0) is 57.5. The molecule has 0 aromatic rings. The van der Waals surface area contributed by atoms with E-state index >= 15 is 0 Å². The molecule has 1 atom stereocenters. The number of hydrogen-bond acceptors (Lipinski definition) is 0. The van der Waals surface area contributed by atoms with Crippen molar-refractivity contribution in [3.63, 3.8) is 0 Å². The van der Waals surface area contributed by atoms with Gasteiger partial charge in [-0.15, -0.1) is 0 Å². The summed E-state index contributed by atoms with van der Waals surface area (Å²) >= 11 is 0. The van der Waals surface area contributed by atoms with Gasteiger partial charge in [0.1, 0.15) is 0 Å². The third kappa shape index (κ3) is 70.5. The first kappa shape index (κ1) is 80.0. The first-order chi connectivity index (χ1) is 39.8. The molecule has 0 heterocycles. The van der Waals surface area contributed by atoms with Crippen LogP contribution in [0.15, 0.2) is 0 Å². The molecule has 0 aromatic carbocycles. The van der Waals surface area contributed by atoms with Crippen LogP contribution in [-0.2, 0) is 0 Å². The van der Waals surface area contributed by atoms with Crippen molar-refractivity contribution in [3.05, 3.63) is 0 Å². The first-order valence-corrected chi connectivity index (χ1v) is 39.8. The van der Waals surface area contributed by atoms with Gasteiger partial charge < -0.3 is 0 Å². The second-order valence-electron chi connectivity index (χ2n) is 28.1. The van der Waals surface area contributed by atoms with E-state index in [1.54, 1.807) is 0 Å². The molecule has 0 aliphatic heterocycles. The van der Waals surface area contributed by atoms with Crippen molar-refractivity contribution in [2.75, 3.05) is 0 Å². The molecular formula is C80H162. The minimum absolute atomic E-state index is 0.944. The third-order valence-corrected chi connectivity index (χ3v) is 19.9. The average molecular weight is 1120 g/mol. The Morgan fingerprint density at radius 2 is 0.225 bits per heavy atom. The van der Waals surface area contributed by atoms with Gasteiger partial charge in [0.15, 0.2) is 0 Å². The third-order valence-electron chi connectivity index (χ3n) is 19.9. The Kier molecular flexibility index (Phi) is 75.1. The van der Waals surface area contributed by atoms with Gasteiger partial charge in [-0.05, 0) is 11.8 Å². The van der Waals surface area contributed by atoms with Gasteiger partial charge in [0.2, 0.25) is 0 Å². The fourth-order valence-corrected chi connectivity index (χ4v) is 13.9. The van der Waals surface area contributed by atoms with E-state index in [0.717, 1.165) is 11.8 Å². The summed E-state index contributed by atoms with van der Waals surface area (Å²) < 4.78 is 0. The predicted molar refractivity (Wildman–Crippen MR) is 371 cm³/mol. The predicted octanol–water partition coefficient (Wildman–Crippen LogP) is 31.2. The summed E-state index contributed by atoms with van der Waals surface area (Å²) in [6.45, 7) is 9.63. The van der Waals surface area contributed by atoms with E-state index in [0.29, 0.717) is 0 Å². The van der Waals surface area contributed by atoms with Gasteiger partial charge in [-0.25, -0.2) is 0 Å². The molecule has 80 heavy (non-hydrogen) atoms. The van der Waals surface area contributed by atoms with Crippen LogP contribution in [0.25, 0.3) is 0 Å². The lowest BCUT2D eigenvalue weighted by molar-refractivity contribution is 0.274. The molecule has 0 rings (SSSR count). The van der Waals surface area contributed by atoms with E-state index in [-0.39, 0.29) is 0 Å². The molecule has 0 aliphatic rings. The highest BCUT2D eigenvalue weighted by Crippen LogP contribution is 2.30. The second-order valence-corrected chi connectivity index (χ2v) is 28.1. The fraction of sp³-hybridized carbons (Fsp3) is 1.00. The van der Waals surface area contributed by atoms with Crippen molar-refractivity contribution in [1.29, 1.82) is 0 Å². The maximum absolute atomic E-state index is 2.67. The van der Waals surface area contributed by atoms with E-state index < -0.39 is 0 Å². The molecule has 0 saturated heterocycles. The minimum Gasteiger partial charge on any atom is -0.0654 e. The molecule has 0 amide bonds. The van der Waals surface area contributed by atoms with Crippen molar-refractivity contribution in [3.8, 4) is 0 Å². The van der Waals surface area contributed by atoms with Crippen LogP contribution < -0.4 is 0 Å². The van der Waals surface area contributed by atoms with Crippen molar-refractivity contribution in [2.45, 2.75) is 503 Å². The lowest BCUT2D eigenvalue weighted by Crippen LogP contribution is -2.12. The lowest BCUT2D eigenvalue weighted by atomic mass is 9.81. The number of hydrogen-bond donors (Lipinski definition) is 0. The Labute approximate surface area is 512 Å². The zero-order valence-corrected chi connectivity index (χ0v) is 57.5. The molecule has 0 aliphatic carbocycles. The van der Waals surface area contributed by atoms with E-state index in [2.05, 4.69) is 27.7 Å². The van der Waals surface area contributed by atoms with Crippen LogP contribution in [0.2, 0.25) is 0 Å². The standard InChI is InChI=1S/C80H162/c1-5-8-11-14-17-20-23-26-29-32-35-38-40-42-44-47-50-53-56-59-62-65-68-71-74-77-80(79(4)76-73-70-67-64-61-58-55-52-49-46-37-34-31-28-25-22-19-16-13-10-7-3)78-75-72-69-66-63-60-57-54-51-48-45-43-41-39-36-33-30-27-24-21-18-15-12-9-6-2/h79-80H,5-78H2,1-4H3. The molecule has 0 heteroatoms. The maximum Gasteiger partial charge on any atom is -0.0388 e. The highest BCUT2D eigenvalue weighted by Gasteiger charge is 2.17. The van der Waals surface area contributed by atoms with Crippen LogP contribution in [0.5, 0.6) is 0 Å². The Balaban J connectivity index is 4.08. The molecule has 0 radical (unpaired) electrons. The van der Waals surface area contributed by atoms with Crippen molar-refractivity contribution < 1.29 is 0 Å². The average Bonchev–Trinajstić information content (AvgIpc) is 3.46. The van der Waals surface area contributed by atoms with E-state index in [1.807, 2.05) is 0 Å². The largest absolute Gasteiger partial charge is 0.0654 e. The van der Waals surface area contributed by atoms with Crippen LogP contribution in [-0.4, -0.2) is 0 Å². The molecule has 0 saturated carbocycles. The molecule has 482 valence electrons. The fourth-order valence-electron chi connectivity index (χ4n) is 13.9. The van der Waals surface area contributed by atoms with E-state index in [1.165, 1.54) is 475 Å². The smallest absolute Gasteiger partial charge is 0.0388 e. The van der Waals surface area contributed by atoms with Gasteiger partial charge in [-0.3, -0.25) is 0 Å². The SMILES string of the molecule is CCCCCCCCCCCCCCCCCCCCCCCCCCCC(CCCCCCCCCCCCCCCCCCCCCCCCCCC)C(C)CCCCCCCCCCCCCCCCCCCCCCC. The molecule has 1 unspecified atom stereocenters. The number of rotatable bonds is 75. The summed E-state index contributed by atoms with van der Waals surface area (Å²) in [7, 11) is 0. The lowest BCUT2D eigenvalue weighted by Gasteiger charge is -2.24. The summed E-state index contributed by atoms with van der Waals surface area (Å²) in [6.07, 6.45) is 110. The van der Waals surface area contributed by atoms with E-state index in [4.69, 9.17) is 0 Å². The van der Waals surface area contributed by atoms with Crippen molar-refractivity contribution >= 4 is 0 Å². The van der Waals surface area contributed by atoms with Gasteiger partial charge in [-0.2, -0.15) is 0 Å². The normalized spacial score (nSPS) is 12.3. The molecule has 0 spiro atoms. The van der Waals surface area contributed by atoms with Gasteiger partial charge >= 0.3 is 0 Å². The van der Waals surface area contributed by atoms with Crippen LogP contribution in [0.3, 0.4) is 0 Å². The summed E-state index contributed by atoms with van der Waals surface area (Å²) in [5.41, 5.74) is 0. The molecule has 0 nitrogen and oxygen atoms in total. The molecular weight excluding hydrogens is 961 g/mol. The highest BCUT2D eigenvalue weighted by molar-refractivity contribution is 4.69. The Bertz CT molecular complexity index is 958. The zero-order valence-electron chi connectivity index (χ0n) is 57.5. The Morgan fingerprint density at radius 1 is 0.125 bits per heavy atom. The minimum atomic E-state index is 0.944. The Morgan fingerprint density at radius 3 is 0.350 bits per heavy atom. The summed E-state index contributed by atoms with van der Waals surface area (Å²) in [5, 5.41) is 0. The van der Waals surface area contributed by atoms with Crippen LogP contribution in [0.4, 0.5) is 0 Å². The van der Waals surface area contributed by atoms with E-state index in [9.17, 15) is 0 Å². The summed E-state index contributed by atoms with van der Waals surface area (Å²) in [4.78, 5) is 0. The second kappa shape index (κ2) is 75.1. The molecule has 0 bridgehead atoms. The topological polar surface area (TPSA) is 0 Å². The van der Waals surface area contributed by atoms with Crippen LogP contribution in [0, 0.1) is 11.8 Å². The maximum atomic E-state index is 2.67. The van der Waals surface area contributed by atoms with Crippen molar-refractivity contribution in [1.82, 2.24) is 0 Å². The molecule has 0 fully saturated rings. The van der Waals surface area contributed by atoms with Gasteiger partial charge in [0.05, 0.1) is 0 Å². The summed E-state index contributed by atoms with van der Waals surface area (Å²) in [6, 6.07) is 0. The summed E-state index contributed by atoms with van der Waals surface area (Å²) in [5.74, 6) is 1.94. The van der Waals surface area contributed by atoms with Gasteiger partial charge in [-0.1, -0.05) is 503 Å².